The first-order valence-electron chi connectivity index (χ1n) is 9.87. The Labute approximate surface area is 195 Å². The second kappa shape index (κ2) is 13.8. The number of guanidine groups is 1. The van der Waals surface area contributed by atoms with Crippen LogP contribution in [0.1, 0.15) is 38.7 Å². The Bertz CT molecular complexity index is 593. The molecule has 2 N–H and O–H groups in total. The number of aliphatic imine (C=N–C) groups is 1. The first kappa shape index (κ1) is 25.7. The largest absolute Gasteiger partial charge is 0.381 e. The van der Waals surface area contributed by atoms with Crippen LogP contribution < -0.4 is 10.6 Å². The van der Waals surface area contributed by atoms with Gasteiger partial charge in [-0.15, -0.1) is 24.0 Å². The molecule has 5 nitrogen and oxygen atoms in total. The number of halogens is 2. The number of rotatable bonds is 9. The number of nitrogens with zero attached hydrogens (tertiary/aromatic N) is 1. The molecule has 0 radical (unpaired) electrons. The highest BCUT2D eigenvalue weighted by atomic mass is 127. The molecule has 0 aliphatic carbocycles. The van der Waals surface area contributed by atoms with Gasteiger partial charge in [-0.05, 0) is 42.9 Å². The van der Waals surface area contributed by atoms with Gasteiger partial charge < -0.3 is 20.1 Å². The Kier molecular flexibility index (Phi) is 12.6. The molecule has 0 spiro atoms. The van der Waals surface area contributed by atoms with Crippen molar-refractivity contribution in [3.63, 3.8) is 0 Å². The van der Waals surface area contributed by atoms with Gasteiger partial charge >= 0.3 is 0 Å². The summed E-state index contributed by atoms with van der Waals surface area (Å²) in [6.45, 7) is 9.54. The van der Waals surface area contributed by atoms with Gasteiger partial charge in [-0.3, -0.25) is 4.99 Å². The summed E-state index contributed by atoms with van der Waals surface area (Å²) in [6.07, 6.45) is 3.23. The molecule has 0 saturated carbocycles. The lowest BCUT2D eigenvalue weighted by Crippen LogP contribution is -2.43. The van der Waals surface area contributed by atoms with Gasteiger partial charge in [0, 0.05) is 56.5 Å². The van der Waals surface area contributed by atoms with Crippen LogP contribution in [0, 0.1) is 5.92 Å². The van der Waals surface area contributed by atoms with Crippen molar-refractivity contribution in [3.05, 3.63) is 34.3 Å². The van der Waals surface area contributed by atoms with Crippen LogP contribution in [0.3, 0.4) is 0 Å². The Morgan fingerprint density at radius 2 is 2.04 bits per heavy atom. The van der Waals surface area contributed by atoms with E-state index in [2.05, 4.69) is 69.7 Å². The third kappa shape index (κ3) is 9.41. The predicted molar refractivity (Wildman–Crippen MR) is 131 cm³/mol. The van der Waals surface area contributed by atoms with Crippen LogP contribution in [0.15, 0.2) is 33.7 Å². The minimum absolute atomic E-state index is 0. The van der Waals surface area contributed by atoms with Gasteiger partial charge in [0.05, 0.1) is 0 Å². The summed E-state index contributed by atoms with van der Waals surface area (Å²) in [5.74, 6) is 1.50. The van der Waals surface area contributed by atoms with E-state index in [1.54, 1.807) is 0 Å². The minimum Gasteiger partial charge on any atom is -0.381 e. The number of hydrogen-bond donors (Lipinski definition) is 2. The average molecular weight is 568 g/mol. The van der Waals surface area contributed by atoms with Crippen LogP contribution in [0.5, 0.6) is 0 Å². The molecular weight excluding hydrogens is 533 g/mol. The second-order valence-corrected chi connectivity index (χ2v) is 8.65. The maximum Gasteiger partial charge on any atom is 0.191 e. The topological polar surface area (TPSA) is 54.9 Å². The summed E-state index contributed by atoms with van der Waals surface area (Å²) in [5, 5.41) is 6.81. The monoisotopic (exact) mass is 567 g/mol. The van der Waals surface area contributed by atoms with E-state index in [-0.39, 0.29) is 29.4 Å². The smallest absolute Gasteiger partial charge is 0.191 e. The van der Waals surface area contributed by atoms with E-state index >= 15 is 0 Å². The van der Waals surface area contributed by atoms with E-state index in [9.17, 15) is 0 Å². The standard InChI is InChI=1S/C21H34BrN3O2.HI/c1-21(2,18-6-4-7-19(22)14-18)16-25-20(23-3)24-10-5-11-27-15-17-8-12-26-13-9-17;/h4,6-7,14,17H,5,8-13,15-16H2,1-3H3,(H2,23,24,25);1H. The summed E-state index contributed by atoms with van der Waals surface area (Å²) in [6, 6.07) is 8.47. The fourth-order valence-corrected chi connectivity index (χ4v) is 3.48. The van der Waals surface area contributed by atoms with Crippen LogP contribution in [-0.4, -0.2) is 52.5 Å². The lowest BCUT2D eigenvalue weighted by Gasteiger charge is -2.27. The summed E-state index contributed by atoms with van der Waals surface area (Å²) < 4.78 is 12.3. The van der Waals surface area contributed by atoms with Crippen molar-refractivity contribution in [3.8, 4) is 0 Å². The van der Waals surface area contributed by atoms with E-state index in [0.717, 1.165) is 69.2 Å². The summed E-state index contributed by atoms with van der Waals surface area (Å²) in [5.41, 5.74) is 1.30. The van der Waals surface area contributed by atoms with Crippen molar-refractivity contribution in [1.82, 2.24) is 10.6 Å². The highest BCUT2D eigenvalue weighted by molar-refractivity contribution is 14.0. The molecule has 1 saturated heterocycles. The molecule has 160 valence electrons. The fraction of sp³-hybridized carbons (Fsp3) is 0.667. The highest BCUT2D eigenvalue weighted by Crippen LogP contribution is 2.25. The van der Waals surface area contributed by atoms with Crippen molar-refractivity contribution in [2.75, 3.05) is 46.6 Å². The first-order valence-corrected chi connectivity index (χ1v) is 10.7. The predicted octanol–water partition coefficient (Wildman–Crippen LogP) is 4.34. The zero-order chi connectivity index (χ0) is 19.5. The first-order chi connectivity index (χ1) is 13.0. The number of hydrogen-bond acceptors (Lipinski definition) is 3. The van der Waals surface area contributed by atoms with Gasteiger partial charge in [0.15, 0.2) is 5.96 Å². The van der Waals surface area contributed by atoms with Crippen LogP contribution >= 0.6 is 39.9 Å². The average Bonchev–Trinajstić information content (AvgIpc) is 2.67. The van der Waals surface area contributed by atoms with Crippen LogP contribution in [0.4, 0.5) is 0 Å². The molecule has 28 heavy (non-hydrogen) atoms. The van der Waals surface area contributed by atoms with Gasteiger partial charge in [0.25, 0.3) is 0 Å². The quantitative estimate of drug-likeness (QED) is 0.202. The molecule has 0 amide bonds. The molecule has 1 aliphatic rings. The number of nitrogens with one attached hydrogen (secondary N) is 2. The Hall–Kier alpha value is -0.380. The summed E-state index contributed by atoms with van der Waals surface area (Å²) in [7, 11) is 1.81. The van der Waals surface area contributed by atoms with Crippen LogP contribution in [0.2, 0.25) is 0 Å². The van der Waals surface area contributed by atoms with Crippen LogP contribution in [0.25, 0.3) is 0 Å². The molecule has 1 aromatic rings. The molecule has 7 heteroatoms. The fourth-order valence-electron chi connectivity index (χ4n) is 3.08. The third-order valence-corrected chi connectivity index (χ3v) is 5.47. The maximum absolute atomic E-state index is 5.81. The second-order valence-electron chi connectivity index (χ2n) is 7.73. The van der Waals surface area contributed by atoms with Crippen molar-refractivity contribution < 1.29 is 9.47 Å². The van der Waals surface area contributed by atoms with Gasteiger partial charge in [-0.25, -0.2) is 0 Å². The molecule has 0 bridgehead atoms. The zero-order valence-corrected chi connectivity index (χ0v) is 21.2. The third-order valence-electron chi connectivity index (χ3n) is 4.98. The molecule has 1 fully saturated rings. The van der Waals surface area contributed by atoms with E-state index in [1.807, 2.05) is 7.05 Å². The molecule has 1 aliphatic heterocycles. The normalized spacial score (nSPS) is 15.8. The van der Waals surface area contributed by atoms with Gasteiger partial charge in [-0.2, -0.15) is 0 Å². The van der Waals surface area contributed by atoms with Crippen molar-refractivity contribution >= 4 is 45.9 Å². The minimum atomic E-state index is 0. The molecule has 0 aromatic heterocycles. The van der Waals surface area contributed by atoms with E-state index < -0.39 is 0 Å². The zero-order valence-electron chi connectivity index (χ0n) is 17.3. The molecule has 2 rings (SSSR count). The van der Waals surface area contributed by atoms with Crippen molar-refractivity contribution in [2.45, 2.75) is 38.5 Å². The van der Waals surface area contributed by atoms with Gasteiger partial charge in [0.2, 0.25) is 0 Å². The lowest BCUT2D eigenvalue weighted by atomic mass is 9.85. The molecule has 0 unspecified atom stereocenters. The maximum atomic E-state index is 5.81. The van der Waals surface area contributed by atoms with E-state index in [4.69, 9.17) is 9.47 Å². The van der Waals surface area contributed by atoms with Crippen molar-refractivity contribution in [1.29, 1.82) is 0 Å². The molecule has 1 heterocycles. The lowest BCUT2D eigenvalue weighted by molar-refractivity contribution is 0.0203. The SMILES string of the molecule is CN=C(NCCCOCC1CCOCC1)NCC(C)(C)c1cccc(Br)c1.I. The Morgan fingerprint density at radius 3 is 2.71 bits per heavy atom. The summed E-state index contributed by atoms with van der Waals surface area (Å²) in [4.78, 5) is 4.32. The Balaban J connectivity index is 0.00000392. The van der Waals surface area contributed by atoms with E-state index in [1.165, 1.54) is 5.56 Å². The van der Waals surface area contributed by atoms with Gasteiger partial charge in [0.1, 0.15) is 0 Å². The summed E-state index contributed by atoms with van der Waals surface area (Å²) >= 11 is 3.55. The van der Waals surface area contributed by atoms with E-state index in [0.29, 0.717) is 5.92 Å². The number of ether oxygens (including phenoxy) is 2. The molecule has 1 aromatic carbocycles. The molecule has 0 atom stereocenters. The highest BCUT2D eigenvalue weighted by Gasteiger charge is 2.21. The van der Waals surface area contributed by atoms with Crippen molar-refractivity contribution in [2.24, 2.45) is 10.9 Å². The number of benzene rings is 1. The molecular formula is C21H35BrIN3O2. The van der Waals surface area contributed by atoms with Gasteiger partial charge in [-0.1, -0.05) is 41.9 Å². The Morgan fingerprint density at radius 1 is 1.29 bits per heavy atom. The van der Waals surface area contributed by atoms with Crippen LogP contribution in [-0.2, 0) is 14.9 Å².